The molecule has 2 rings (SSSR count). The summed E-state index contributed by atoms with van der Waals surface area (Å²) in [6.07, 6.45) is 0.0400. The van der Waals surface area contributed by atoms with Gasteiger partial charge in [-0.2, -0.15) is 0 Å². The molecule has 0 saturated carbocycles. The van der Waals surface area contributed by atoms with E-state index in [9.17, 15) is 18.9 Å². The number of hydrogen-bond acceptors (Lipinski definition) is 3. The van der Waals surface area contributed by atoms with E-state index in [4.69, 9.17) is 16.0 Å². The lowest BCUT2D eigenvalue weighted by molar-refractivity contribution is -0.402. The summed E-state index contributed by atoms with van der Waals surface area (Å²) in [5.74, 6) is -1.66. The summed E-state index contributed by atoms with van der Waals surface area (Å²) < 4.78 is 31.1. The second-order valence-corrected chi connectivity index (χ2v) is 4.37. The van der Waals surface area contributed by atoms with Crippen LogP contribution in [0.5, 0.6) is 0 Å². The number of nitrogens with zero attached hydrogens (tertiary/aromatic N) is 1. The molecule has 19 heavy (non-hydrogen) atoms. The third kappa shape index (κ3) is 3.08. The molecule has 0 bridgehead atoms. The molecule has 0 amide bonds. The van der Waals surface area contributed by atoms with Crippen molar-refractivity contribution in [3.63, 3.8) is 0 Å². The van der Waals surface area contributed by atoms with Crippen LogP contribution in [-0.2, 0) is 6.42 Å². The predicted octanol–water partition coefficient (Wildman–Crippen LogP) is 3.99. The maximum atomic E-state index is 13.4. The van der Waals surface area contributed by atoms with E-state index in [1.54, 1.807) is 0 Å². The zero-order chi connectivity index (χ0) is 14.0. The van der Waals surface area contributed by atoms with Crippen LogP contribution in [0, 0.1) is 21.7 Å². The summed E-state index contributed by atoms with van der Waals surface area (Å²) in [5, 5.41) is 9.68. The first-order valence-corrected chi connectivity index (χ1v) is 5.73. The molecule has 2 aromatic rings. The van der Waals surface area contributed by atoms with Crippen molar-refractivity contribution in [3.8, 4) is 0 Å². The molecule has 0 aliphatic rings. The maximum absolute atomic E-state index is 13.4. The second kappa shape index (κ2) is 5.36. The third-order valence-electron chi connectivity index (χ3n) is 2.52. The van der Waals surface area contributed by atoms with E-state index in [-0.39, 0.29) is 17.7 Å². The second-order valence-electron chi connectivity index (χ2n) is 3.84. The zero-order valence-electron chi connectivity index (χ0n) is 9.48. The first-order valence-electron chi connectivity index (χ1n) is 5.29. The Morgan fingerprint density at radius 2 is 2.05 bits per heavy atom. The molecular formula is C12H8ClF2NO3. The predicted molar refractivity (Wildman–Crippen MR) is 64.0 cm³/mol. The van der Waals surface area contributed by atoms with Crippen molar-refractivity contribution in [3.05, 3.63) is 63.4 Å². The van der Waals surface area contributed by atoms with Crippen LogP contribution in [0.2, 0.25) is 0 Å². The third-order valence-corrected chi connectivity index (χ3v) is 2.88. The summed E-state index contributed by atoms with van der Waals surface area (Å²) in [6, 6.07) is 5.68. The minimum atomic E-state index is -0.770. The molecule has 0 spiro atoms. The Kier molecular flexibility index (Phi) is 3.80. The lowest BCUT2D eigenvalue weighted by atomic mass is 10.1. The van der Waals surface area contributed by atoms with Crippen molar-refractivity contribution in [2.24, 2.45) is 0 Å². The lowest BCUT2D eigenvalue weighted by Gasteiger charge is -2.07. The molecule has 0 aliphatic carbocycles. The van der Waals surface area contributed by atoms with E-state index >= 15 is 0 Å². The fourth-order valence-electron chi connectivity index (χ4n) is 1.59. The number of benzene rings is 1. The Bertz CT molecular complexity index is 615. The van der Waals surface area contributed by atoms with Gasteiger partial charge in [-0.3, -0.25) is 10.1 Å². The zero-order valence-corrected chi connectivity index (χ0v) is 10.2. The molecule has 1 heterocycles. The molecular weight excluding hydrogens is 280 g/mol. The van der Waals surface area contributed by atoms with Gasteiger partial charge in [0.25, 0.3) is 0 Å². The van der Waals surface area contributed by atoms with Crippen LogP contribution >= 0.6 is 11.6 Å². The number of hydrogen-bond donors (Lipinski definition) is 0. The van der Waals surface area contributed by atoms with Gasteiger partial charge in [-0.15, -0.1) is 11.6 Å². The molecule has 100 valence electrons. The van der Waals surface area contributed by atoms with Gasteiger partial charge in [0.2, 0.25) is 0 Å². The molecule has 7 heteroatoms. The van der Waals surface area contributed by atoms with Crippen LogP contribution < -0.4 is 0 Å². The number of furan rings is 1. The Hall–Kier alpha value is -1.95. The smallest absolute Gasteiger partial charge is 0.404 e. The van der Waals surface area contributed by atoms with E-state index in [0.717, 1.165) is 12.1 Å². The molecule has 1 aromatic heterocycles. The van der Waals surface area contributed by atoms with Crippen LogP contribution in [-0.4, -0.2) is 4.92 Å². The fraction of sp³-hybridized carbons (Fsp3) is 0.167. The van der Waals surface area contributed by atoms with Crippen LogP contribution in [0.3, 0.4) is 0 Å². The Morgan fingerprint density at radius 3 is 2.63 bits per heavy atom. The van der Waals surface area contributed by atoms with Gasteiger partial charge in [-0.1, -0.05) is 6.07 Å². The van der Waals surface area contributed by atoms with Crippen LogP contribution in [0.1, 0.15) is 16.7 Å². The Morgan fingerprint density at radius 1 is 1.32 bits per heavy atom. The number of halogens is 3. The highest BCUT2D eigenvalue weighted by Gasteiger charge is 2.19. The Balaban J connectivity index is 2.15. The molecule has 1 atom stereocenters. The van der Waals surface area contributed by atoms with Crippen molar-refractivity contribution in [2.45, 2.75) is 11.8 Å². The largest absolute Gasteiger partial charge is 0.433 e. The van der Waals surface area contributed by atoms with Gasteiger partial charge in [0.05, 0.1) is 11.4 Å². The van der Waals surface area contributed by atoms with Crippen molar-refractivity contribution < 1.29 is 18.1 Å². The van der Waals surface area contributed by atoms with Gasteiger partial charge in [0.15, 0.2) is 0 Å². The van der Waals surface area contributed by atoms with E-state index < -0.39 is 27.8 Å². The van der Waals surface area contributed by atoms with Crippen molar-refractivity contribution in [1.29, 1.82) is 0 Å². The summed E-state index contributed by atoms with van der Waals surface area (Å²) in [6.45, 7) is 0. The van der Waals surface area contributed by atoms with Gasteiger partial charge in [0, 0.05) is 6.07 Å². The highest BCUT2D eigenvalue weighted by Crippen LogP contribution is 2.29. The molecule has 4 nitrogen and oxygen atoms in total. The van der Waals surface area contributed by atoms with Gasteiger partial charge >= 0.3 is 5.88 Å². The van der Waals surface area contributed by atoms with Crippen molar-refractivity contribution >= 4 is 17.5 Å². The highest BCUT2D eigenvalue weighted by molar-refractivity contribution is 6.20. The standard InChI is InChI=1S/C12H8ClF2NO3/c13-9(11-3-4-12(19-11)16(17)18)5-7-1-2-8(14)6-10(7)15/h1-4,6,9H,5H2. The minimum Gasteiger partial charge on any atom is -0.404 e. The SMILES string of the molecule is O=[N+]([O-])c1ccc(C(Cl)Cc2ccc(F)cc2F)o1. The fourth-order valence-corrected chi connectivity index (χ4v) is 1.87. The quantitative estimate of drug-likeness (QED) is 0.485. The molecule has 1 aromatic carbocycles. The highest BCUT2D eigenvalue weighted by atomic mass is 35.5. The number of nitro groups is 1. The first kappa shape index (κ1) is 13.5. The Labute approximate surface area is 111 Å². The molecule has 0 saturated heterocycles. The van der Waals surface area contributed by atoms with Crippen molar-refractivity contribution in [1.82, 2.24) is 0 Å². The lowest BCUT2D eigenvalue weighted by Crippen LogP contribution is -1.98. The number of rotatable bonds is 4. The van der Waals surface area contributed by atoms with Crippen LogP contribution in [0.15, 0.2) is 34.7 Å². The number of alkyl halides is 1. The maximum Gasteiger partial charge on any atom is 0.433 e. The van der Waals surface area contributed by atoms with Gasteiger partial charge in [0.1, 0.15) is 22.3 Å². The summed E-state index contributed by atoms with van der Waals surface area (Å²) in [5.41, 5.74) is 0.209. The van der Waals surface area contributed by atoms with Gasteiger partial charge in [-0.25, -0.2) is 8.78 Å². The average Bonchev–Trinajstić information content (AvgIpc) is 2.82. The first-order chi connectivity index (χ1) is 8.97. The normalized spacial score (nSPS) is 12.4. The van der Waals surface area contributed by atoms with Crippen molar-refractivity contribution in [2.75, 3.05) is 0 Å². The molecule has 0 N–H and O–H groups in total. The van der Waals surface area contributed by atoms with Gasteiger partial charge in [-0.05, 0) is 24.1 Å². The molecule has 0 fully saturated rings. The van der Waals surface area contributed by atoms with E-state index in [2.05, 4.69) is 0 Å². The summed E-state index contributed by atoms with van der Waals surface area (Å²) in [4.78, 5) is 9.76. The molecule has 0 aliphatic heterocycles. The average molecular weight is 288 g/mol. The molecule has 1 unspecified atom stereocenters. The van der Waals surface area contributed by atoms with E-state index in [1.165, 1.54) is 18.2 Å². The van der Waals surface area contributed by atoms with Crippen LogP contribution in [0.25, 0.3) is 0 Å². The van der Waals surface area contributed by atoms with E-state index in [1.807, 2.05) is 0 Å². The summed E-state index contributed by atoms with van der Waals surface area (Å²) in [7, 11) is 0. The van der Waals surface area contributed by atoms with Crippen LogP contribution in [0.4, 0.5) is 14.7 Å². The van der Waals surface area contributed by atoms with Gasteiger partial charge < -0.3 is 4.42 Å². The van der Waals surface area contributed by atoms with E-state index in [0.29, 0.717) is 0 Å². The monoisotopic (exact) mass is 287 g/mol. The molecule has 0 radical (unpaired) electrons. The topological polar surface area (TPSA) is 56.3 Å². The minimum absolute atomic E-state index is 0.0400. The summed E-state index contributed by atoms with van der Waals surface area (Å²) >= 11 is 5.99.